The minimum absolute atomic E-state index is 0.0494. The van der Waals surface area contributed by atoms with Gasteiger partial charge in [0.1, 0.15) is 11.4 Å². The first kappa shape index (κ1) is 12.8. The molecule has 2 heterocycles. The van der Waals surface area contributed by atoms with Gasteiger partial charge in [-0.2, -0.15) is 0 Å². The van der Waals surface area contributed by atoms with Crippen LogP contribution in [0.3, 0.4) is 0 Å². The van der Waals surface area contributed by atoms with Crippen molar-refractivity contribution in [2.75, 3.05) is 14.1 Å². The van der Waals surface area contributed by atoms with Crippen molar-refractivity contribution < 1.29 is 4.90 Å². The molecule has 0 radical (unpaired) electrons. The van der Waals surface area contributed by atoms with Crippen molar-refractivity contribution in [1.82, 2.24) is 9.97 Å². The zero-order valence-electron chi connectivity index (χ0n) is 11.7. The van der Waals surface area contributed by atoms with Crippen molar-refractivity contribution in [1.29, 1.82) is 0 Å². The summed E-state index contributed by atoms with van der Waals surface area (Å²) in [6.07, 6.45) is 3.31. The molecule has 0 saturated heterocycles. The van der Waals surface area contributed by atoms with E-state index in [1.807, 2.05) is 0 Å². The fraction of sp³-hybridized carbons (Fsp3) is 0.571. The lowest BCUT2D eigenvalue weighted by molar-refractivity contribution is -0.873. The second-order valence-electron chi connectivity index (χ2n) is 5.93. The number of nitrogens with zero attached hydrogens (tertiary/aromatic N) is 1. The molecule has 0 amide bonds. The Morgan fingerprint density at radius 2 is 2.26 bits per heavy atom. The van der Waals surface area contributed by atoms with Crippen molar-refractivity contribution in [3.05, 3.63) is 26.6 Å². The second kappa shape index (κ2) is 4.72. The molecule has 102 valence electrons. The fourth-order valence-electron chi connectivity index (χ4n) is 2.81. The van der Waals surface area contributed by atoms with E-state index in [4.69, 9.17) is 0 Å². The standard InChI is InChI=1S/C14H19N3OS/c1-8-4-5-9-10(6-8)19-14-12(9)13(18)15-11(16-14)7-17(2)3/h8H,4-7H2,1-3H3,(H,15,16,18)/p+1/t8-/m1/s1. The number of thiophene rings is 1. The summed E-state index contributed by atoms with van der Waals surface area (Å²) in [5.41, 5.74) is 1.31. The molecule has 0 spiro atoms. The van der Waals surface area contributed by atoms with Crippen LogP contribution in [0.1, 0.15) is 29.6 Å². The van der Waals surface area contributed by atoms with Crippen molar-refractivity contribution >= 4 is 21.6 Å². The quantitative estimate of drug-likeness (QED) is 0.852. The molecule has 1 aliphatic carbocycles. The van der Waals surface area contributed by atoms with Crippen LogP contribution in [-0.2, 0) is 19.4 Å². The smallest absolute Gasteiger partial charge is 0.260 e. The molecule has 0 aromatic carbocycles. The van der Waals surface area contributed by atoms with Crippen LogP contribution in [0.25, 0.3) is 10.2 Å². The third-order valence-electron chi connectivity index (χ3n) is 3.74. The lowest BCUT2D eigenvalue weighted by Crippen LogP contribution is -3.04. The van der Waals surface area contributed by atoms with Crippen LogP contribution in [0.5, 0.6) is 0 Å². The Morgan fingerprint density at radius 1 is 1.47 bits per heavy atom. The third-order valence-corrected chi connectivity index (χ3v) is 4.88. The normalized spacial score (nSPS) is 19.1. The van der Waals surface area contributed by atoms with E-state index in [9.17, 15) is 4.79 Å². The SMILES string of the molecule is C[C@@H]1CCc2c(sc3nc(C[NH+](C)C)[nH]c(=O)c23)C1. The van der Waals surface area contributed by atoms with Gasteiger partial charge in [-0.25, -0.2) is 4.98 Å². The summed E-state index contributed by atoms with van der Waals surface area (Å²) in [4.78, 5) is 23.5. The number of aryl methyl sites for hydroxylation is 1. The van der Waals surface area contributed by atoms with Gasteiger partial charge >= 0.3 is 0 Å². The predicted molar refractivity (Wildman–Crippen MR) is 77.9 cm³/mol. The summed E-state index contributed by atoms with van der Waals surface area (Å²) in [7, 11) is 4.12. The number of aromatic nitrogens is 2. The van der Waals surface area contributed by atoms with Gasteiger partial charge in [-0.15, -0.1) is 11.3 Å². The molecule has 2 aromatic rings. The predicted octanol–water partition coefficient (Wildman–Crippen LogP) is 0.754. The highest BCUT2D eigenvalue weighted by Gasteiger charge is 2.23. The number of fused-ring (bicyclic) bond motifs is 3. The Morgan fingerprint density at radius 3 is 3.00 bits per heavy atom. The fourth-order valence-corrected chi connectivity index (χ4v) is 4.21. The van der Waals surface area contributed by atoms with Crippen LogP contribution in [0.2, 0.25) is 0 Å². The maximum atomic E-state index is 12.3. The molecule has 1 atom stereocenters. The highest BCUT2D eigenvalue weighted by atomic mass is 32.1. The summed E-state index contributed by atoms with van der Waals surface area (Å²) in [5.74, 6) is 1.52. The first-order valence-corrected chi connectivity index (χ1v) is 7.68. The van der Waals surface area contributed by atoms with Crippen LogP contribution >= 0.6 is 11.3 Å². The number of aromatic amines is 1. The highest BCUT2D eigenvalue weighted by molar-refractivity contribution is 7.18. The number of quaternary nitrogens is 1. The molecule has 0 unspecified atom stereocenters. The Balaban J connectivity index is 2.14. The van der Waals surface area contributed by atoms with Crippen LogP contribution in [0.15, 0.2) is 4.79 Å². The van der Waals surface area contributed by atoms with E-state index < -0.39 is 0 Å². The average Bonchev–Trinajstić information content (AvgIpc) is 2.65. The van der Waals surface area contributed by atoms with Crippen LogP contribution < -0.4 is 10.5 Å². The van der Waals surface area contributed by atoms with Gasteiger partial charge in [0.15, 0.2) is 5.82 Å². The number of hydrogen-bond acceptors (Lipinski definition) is 3. The summed E-state index contributed by atoms with van der Waals surface area (Å²) in [6, 6.07) is 0. The maximum Gasteiger partial charge on any atom is 0.260 e. The first-order valence-electron chi connectivity index (χ1n) is 6.87. The number of rotatable bonds is 2. The Kier molecular flexibility index (Phi) is 3.19. The second-order valence-corrected chi connectivity index (χ2v) is 7.01. The monoisotopic (exact) mass is 278 g/mol. The third kappa shape index (κ3) is 2.32. The zero-order valence-corrected chi connectivity index (χ0v) is 12.5. The molecule has 3 rings (SSSR count). The molecular formula is C14H20N3OS+. The van der Waals surface area contributed by atoms with E-state index in [0.717, 1.165) is 41.3 Å². The highest BCUT2D eigenvalue weighted by Crippen LogP contribution is 2.35. The molecule has 19 heavy (non-hydrogen) atoms. The molecule has 2 N–H and O–H groups in total. The molecule has 0 bridgehead atoms. The molecule has 5 heteroatoms. The molecule has 1 aliphatic rings. The average molecular weight is 278 g/mol. The van der Waals surface area contributed by atoms with Gasteiger partial charge in [-0.1, -0.05) is 6.92 Å². The minimum Gasteiger partial charge on any atom is -0.334 e. The molecule has 0 saturated carbocycles. The van der Waals surface area contributed by atoms with E-state index in [2.05, 4.69) is 31.0 Å². The lowest BCUT2D eigenvalue weighted by Gasteiger charge is -2.17. The summed E-state index contributed by atoms with van der Waals surface area (Å²) in [5, 5.41) is 0.851. The van der Waals surface area contributed by atoms with Crippen molar-refractivity contribution in [2.24, 2.45) is 5.92 Å². The van der Waals surface area contributed by atoms with Crippen molar-refractivity contribution in [3.63, 3.8) is 0 Å². The molecule has 4 nitrogen and oxygen atoms in total. The van der Waals surface area contributed by atoms with E-state index >= 15 is 0 Å². The van der Waals surface area contributed by atoms with Gasteiger partial charge in [0.2, 0.25) is 0 Å². The van der Waals surface area contributed by atoms with Gasteiger partial charge in [-0.05, 0) is 30.7 Å². The number of hydrogen-bond donors (Lipinski definition) is 2. The molecular weight excluding hydrogens is 258 g/mol. The minimum atomic E-state index is 0.0494. The van der Waals surface area contributed by atoms with Gasteiger partial charge in [0, 0.05) is 4.88 Å². The van der Waals surface area contributed by atoms with Crippen molar-refractivity contribution in [3.8, 4) is 0 Å². The molecule has 0 aliphatic heterocycles. The number of H-pyrrole nitrogens is 1. The Labute approximate surface area is 116 Å². The zero-order chi connectivity index (χ0) is 13.6. The van der Waals surface area contributed by atoms with Gasteiger partial charge < -0.3 is 9.88 Å². The Hall–Kier alpha value is -1.20. The van der Waals surface area contributed by atoms with E-state index in [-0.39, 0.29) is 5.56 Å². The van der Waals surface area contributed by atoms with Crippen LogP contribution in [0, 0.1) is 5.92 Å². The van der Waals surface area contributed by atoms with Gasteiger partial charge in [0.05, 0.1) is 19.5 Å². The number of nitrogens with one attached hydrogen (secondary N) is 2. The summed E-state index contributed by atoms with van der Waals surface area (Å²) < 4.78 is 0. The van der Waals surface area contributed by atoms with E-state index in [1.165, 1.54) is 21.8 Å². The van der Waals surface area contributed by atoms with E-state index in [0.29, 0.717) is 0 Å². The largest absolute Gasteiger partial charge is 0.334 e. The van der Waals surface area contributed by atoms with E-state index in [1.54, 1.807) is 11.3 Å². The summed E-state index contributed by atoms with van der Waals surface area (Å²) >= 11 is 1.72. The van der Waals surface area contributed by atoms with Gasteiger partial charge in [-0.3, -0.25) is 4.79 Å². The molecule has 0 fully saturated rings. The Bertz CT molecular complexity index is 671. The van der Waals surface area contributed by atoms with Gasteiger partial charge in [0.25, 0.3) is 5.56 Å². The molecule has 2 aromatic heterocycles. The maximum absolute atomic E-state index is 12.3. The topological polar surface area (TPSA) is 50.2 Å². The lowest BCUT2D eigenvalue weighted by atomic mass is 9.89. The summed E-state index contributed by atoms with van der Waals surface area (Å²) in [6.45, 7) is 3.04. The van der Waals surface area contributed by atoms with Crippen molar-refractivity contribution in [2.45, 2.75) is 32.7 Å². The first-order chi connectivity index (χ1) is 9.04. The van der Waals surface area contributed by atoms with Crippen LogP contribution in [-0.4, -0.2) is 24.1 Å². The van der Waals surface area contributed by atoms with Crippen LogP contribution in [0.4, 0.5) is 0 Å².